The molecule has 0 saturated carbocycles. The number of piperidine rings is 1. The quantitative estimate of drug-likeness (QED) is 0.379. The summed E-state index contributed by atoms with van der Waals surface area (Å²) < 4.78 is 12.5. The minimum absolute atomic E-state index is 0.487. The highest BCUT2D eigenvalue weighted by molar-refractivity contribution is 5.85. The molecule has 0 spiro atoms. The van der Waals surface area contributed by atoms with Crippen molar-refractivity contribution in [3.05, 3.63) is 71.9 Å². The molecule has 0 amide bonds. The molecule has 2 bridgehead atoms. The van der Waals surface area contributed by atoms with E-state index in [2.05, 4.69) is 44.2 Å². The summed E-state index contributed by atoms with van der Waals surface area (Å²) in [4.78, 5) is 18.9. The first-order chi connectivity index (χ1) is 19.2. The summed E-state index contributed by atoms with van der Waals surface area (Å²) in [5.41, 5.74) is 6.32. The molecule has 3 saturated heterocycles. The Morgan fingerprint density at radius 3 is 2.69 bits per heavy atom. The molecule has 10 heteroatoms. The molecule has 4 aliphatic heterocycles. The zero-order valence-corrected chi connectivity index (χ0v) is 21.7. The van der Waals surface area contributed by atoms with E-state index in [0.29, 0.717) is 36.7 Å². The summed E-state index contributed by atoms with van der Waals surface area (Å²) in [6.07, 6.45) is 13.3. The predicted molar refractivity (Wildman–Crippen MR) is 145 cm³/mol. The van der Waals surface area contributed by atoms with Gasteiger partial charge in [0, 0.05) is 55.7 Å². The van der Waals surface area contributed by atoms with Crippen LogP contribution in [-0.2, 0) is 11.3 Å². The van der Waals surface area contributed by atoms with Crippen molar-refractivity contribution in [2.45, 2.75) is 31.5 Å². The van der Waals surface area contributed by atoms with Crippen molar-refractivity contribution in [2.24, 2.45) is 0 Å². The van der Waals surface area contributed by atoms with Crippen molar-refractivity contribution in [1.82, 2.24) is 29.5 Å². The lowest BCUT2D eigenvalue weighted by Gasteiger charge is -2.56. The van der Waals surface area contributed by atoms with Gasteiger partial charge in [0.05, 0.1) is 55.7 Å². The summed E-state index contributed by atoms with van der Waals surface area (Å²) in [6, 6.07) is 9.35. The molecular weight excluding hydrogens is 492 g/mol. The maximum Gasteiger partial charge on any atom is 0.212 e. The molecule has 2 unspecified atom stereocenters. The maximum absolute atomic E-state index is 9.71. The molecular formula is C29H28N8O2. The molecule has 196 valence electrons. The van der Waals surface area contributed by atoms with E-state index in [-0.39, 0.29) is 0 Å². The van der Waals surface area contributed by atoms with Crippen LogP contribution in [0.25, 0.3) is 22.3 Å². The number of hydrogen-bond acceptors (Lipinski definition) is 9. The SMILES string of the molecule is COc1ccc(CN2C3CC2CN(c2cnc(-c4cc(C5=CCOCC5)cn5ncc(C#N)c45)cn2)C3)cn1. The van der Waals surface area contributed by atoms with Gasteiger partial charge in [-0.3, -0.25) is 9.88 Å². The predicted octanol–water partition coefficient (Wildman–Crippen LogP) is 3.33. The van der Waals surface area contributed by atoms with E-state index < -0.39 is 0 Å². The highest BCUT2D eigenvalue weighted by atomic mass is 16.5. The molecule has 8 heterocycles. The number of nitriles is 1. The lowest BCUT2D eigenvalue weighted by atomic mass is 9.87. The van der Waals surface area contributed by atoms with E-state index in [1.165, 1.54) is 17.6 Å². The van der Waals surface area contributed by atoms with Crippen LogP contribution in [0.1, 0.15) is 29.5 Å². The molecule has 4 aliphatic rings. The van der Waals surface area contributed by atoms with Crippen LogP contribution in [0.15, 0.2) is 55.3 Å². The number of hydrogen-bond donors (Lipinski definition) is 0. The van der Waals surface area contributed by atoms with Gasteiger partial charge in [-0.2, -0.15) is 10.4 Å². The van der Waals surface area contributed by atoms with Gasteiger partial charge in [-0.1, -0.05) is 12.1 Å². The third-order valence-electron chi connectivity index (χ3n) is 8.02. The first-order valence-corrected chi connectivity index (χ1v) is 13.2. The maximum atomic E-state index is 9.71. The van der Waals surface area contributed by atoms with Crippen molar-refractivity contribution < 1.29 is 9.47 Å². The monoisotopic (exact) mass is 520 g/mol. The smallest absolute Gasteiger partial charge is 0.212 e. The number of fused-ring (bicyclic) bond motifs is 3. The zero-order chi connectivity index (χ0) is 26.3. The van der Waals surface area contributed by atoms with Crippen molar-refractivity contribution in [1.29, 1.82) is 5.26 Å². The Labute approximate surface area is 226 Å². The van der Waals surface area contributed by atoms with Gasteiger partial charge in [-0.05, 0) is 35.6 Å². The molecule has 0 N–H and O–H groups in total. The fraction of sp³-hybridized carbons (Fsp3) is 0.345. The first-order valence-electron chi connectivity index (χ1n) is 13.2. The van der Waals surface area contributed by atoms with Crippen molar-refractivity contribution in [3.63, 3.8) is 0 Å². The number of ether oxygens (including phenoxy) is 2. The lowest BCUT2D eigenvalue weighted by Crippen LogP contribution is -2.68. The summed E-state index contributed by atoms with van der Waals surface area (Å²) >= 11 is 0. The Morgan fingerprint density at radius 1 is 1.10 bits per heavy atom. The van der Waals surface area contributed by atoms with E-state index in [9.17, 15) is 5.26 Å². The fourth-order valence-electron chi connectivity index (χ4n) is 5.96. The number of anilines is 1. The Balaban J connectivity index is 1.11. The normalized spacial score (nSPS) is 20.8. The average Bonchev–Trinajstić information content (AvgIpc) is 3.43. The number of pyridine rings is 2. The lowest BCUT2D eigenvalue weighted by molar-refractivity contribution is -0.00879. The van der Waals surface area contributed by atoms with Gasteiger partial charge < -0.3 is 14.4 Å². The van der Waals surface area contributed by atoms with Gasteiger partial charge in [-0.15, -0.1) is 0 Å². The first kappa shape index (κ1) is 23.8. The Hall–Kier alpha value is -4.33. The van der Waals surface area contributed by atoms with E-state index in [0.717, 1.165) is 54.2 Å². The van der Waals surface area contributed by atoms with Gasteiger partial charge in [0.15, 0.2) is 0 Å². The van der Waals surface area contributed by atoms with Crippen LogP contribution >= 0.6 is 0 Å². The highest BCUT2D eigenvalue weighted by Crippen LogP contribution is 2.36. The van der Waals surface area contributed by atoms with Crippen LogP contribution < -0.4 is 9.64 Å². The second-order valence-corrected chi connectivity index (χ2v) is 10.2. The standard InChI is InChI=1S/C29H28N8O2/c1-38-28-3-2-19(11-33-28)15-36-23-9-24(36)18-35(17-23)27-14-31-26(13-32-27)25-8-21(20-4-6-39-7-5-20)16-37-29(25)22(10-30)12-34-37/h2-4,8,11-14,16,23-24H,5-7,9,15,17-18H2,1H3. The fourth-order valence-corrected chi connectivity index (χ4v) is 5.96. The molecule has 0 aromatic carbocycles. The van der Waals surface area contributed by atoms with Crippen LogP contribution in [0.3, 0.4) is 0 Å². The Bertz CT molecular complexity index is 1580. The average molecular weight is 521 g/mol. The summed E-state index contributed by atoms with van der Waals surface area (Å²) in [5.74, 6) is 1.52. The minimum atomic E-state index is 0.487. The molecule has 8 rings (SSSR count). The third kappa shape index (κ3) is 4.30. The second-order valence-electron chi connectivity index (χ2n) is 10.2. The highest BCUT2D eigenvalue weighted by Gasteiger charge is 2.44. The van der Waals surface area contributed by atoms with Gasteiger partial charge in [-0.25, -0.2) is 14.5 Å². The van der Waals surface area contributed by atoms with E-state index >= 15 is 0 Å². The number of rotatable bonds is 6. The number of nitrogens with zero attached hydrogens (tertiary/aromatic N) is 8. The topological polar surface area (TPSA) is 105 Å². The van der Waals surface area contributed by atoms with Gasteiger partial charge in [0.25, 0.3) is 0 Å². The molecule has 0 radical (unpaired) electrons. The van der Waals surface area contributed by atoms with Gasteiger partial charge in [0.1, 0.15) is 11.9 Å². The summed E-state index contributed by atoms with van der Waals surface area (Å²) in [6.45, 7) is 4.04. The van der Waals surface area contributed by atoms with Crippen LogP contribution in [0.5, 0.6) is 5.88 Å². The third-order valence-corrected chi connectivity index (χ3v) is 8.02. The van der Waals surface area contributed by atoms with Gasteiger partial charge in [0.2, 0.25) is 5.88 Å². The van der Waals surface area contributed by atoms with E-state index in [1.807, 2.05) is 30.9 Å². The van der Waals surface area contributed by atoms with Crippen LogP contribution in [0, 0.1) is 11.3 Å². The van der Waals surface area contributed by atoms with Crippen LogP contribution in [0.4, 0.5) is 5.82 Å². The molecule has 10 nitrogen and oxygen atoms in total. The zero-order valence-electron chi connectivity index (χ0n) is 21.7. The Morgan fingerprint density at radius 2 is 2.00 bits per heavy atom. The molecule has 0 aliphatic carbocycles. The Kier molecular flexibility index (Phi) is 5.95. The van der Waals surface area contributed by atoms with E-state index in [1.54, 1.807) is 17.8 Å². The molecule has 3 fully saturated rings. The molecule has 4 aromatic rings. The molecule has 39 heavy (non-hydrogen) atoms. The van der Waals surface area contributed by atoms with Crippen molar-refractivity contribution in [2.75, 3.05) is 38.3 Å². The van der Waals surface area contributed by atoms with E-state index in [4.69, 9.17) is 19.4 Å². The van der Waals surface area contributed by atoms with Crippen LogP contribution in [-0.4, -0.2) is 75.0 Å². The largest absolute Gasteiger partial charge is 0.481 e. The second kappa shape index (κ2) is 9.76. The molecule has 4 aromatic heterocycles. The minimum Gasteiger partial charge on any atom is -0.481 e. The number of methoxy groups -OCH3 is 1. The number of aromatic nitrogens is 5. The molecule has 2 atom stereocenters. The van der Waals surface area contributed by atoms with Crippen molar-refractivity contribution >= 4 is 16.9 Å². The summed E-state index contributed by atoms with van der Waals surface area (Å²) in [5, 5.41) is 14.2. The summed E-state index contributed by atoms with van der Waals surface area (Å²) in [7, 11) is 1.63. The number of piperazine rings is 1. The van der Waals surface area contributed by atoms with Gasteiger partial charge >= 0.3 is 0 Å². The van der Waals surface area contributed by atoms with Crippen LogP contribution in [0.2, 0.25) is 0 Å². The van der Waals surface area contributed by atoms with Crippen molar-refractivity contribution in [3.8, 4) is 23.2 Å².